The summed E-state index contributed by atoms with van der Waals surface area (Å²) in [5.74, 6) is -1.63. The minimum Gasteiger partial charge on any atom is -0.465 e. The van der Waals surface area contributed by atoms with E-state index in [9.17, 15) is 14.4 Å². The van der Waals surface area contributed by atoms with Crippen LogP contribution in [0.2, 0.25) is 0 Å². The second-order valence-electron chi connectivity index (χ2n) is 6.22. The van der Waals surface area contributed by atoms with E-state index in [2.05, 4.69) is 0 Å². The van der Waals surface area contributed by atoms with E-state index in [-0.39, 0.29) is 30.5 Å². The minimum atomic E-state index is -0.937. The average Bonchev–Trinajstić information content (AvgIpc) is 2.21. The van der Waals surface area contributed by atoms with Crippen LogP contribution in [0.25, 0.3) is 0 Å². The fourth-order valence-corrected chi connectivity index (χ4v) is 2.15. The zero-order valence-electron chi connectivity index (χ0n) is 12.3. The van der Waals surface area contributed by atoms with Gasteiger partial charge in [0.2, 0.25) is 0 Å². The third-order valence-corrected chi connectivity index (χ3v) is 3.59. The van der Waals surface area contributed by atoms with Gasteiger partial charge in [-0.15, -0.1) is 0 Å². The first kappa shape index (κ1) is 15.9. The Morgan fingerprint density at radius 3 is 2.16 bits per heavy atom. The molecule has 0 aromatic carbocycles. The Morgan fingerprint density at radius 2 is 1.79 bits per heavy atom. The van der Waals surface area contributed by atoms with Crippen LogP contribution in [0.1, 0.15) is 53.4 Å². The van der Waals surface area contributed by atoms with E-state index >= 15 is 0 Å². The third-order valence-electron chi connectivity index (χ3n) is 3.59. The standard InChI is InChI=1S/C15H24O4/c1-5-19-14(18)11(13(17)15(2,3)4)9-12(16)10-7-6-8-10/h10-11H,5-9H2,1-4H3. The molecule has 4 nitrogen and oxygen atoms in total. The fraction of sp³-hybridized carbons (Fsp3) is 0.800. The number of Topliss-reactive ketones (excluding diaryl/α,β-unsaturated/α-hetero) is 2. The Labute approximate surface area is 114 Å². The fourth-order valence-electron chi connectivity index (χ4n) is 2.15. The molecule has 0 aliphatic heterocycles. The maximum absolute atomic E-state index is 12.3. The highest BCUT2D eigenvalue weighted by atomic mass is 16.5. The molecular formula is C15H24O4. The van der Waals surface area contributed by atoms with Gasteiger partial charge in [0.25, 0.3) is 0 Å². The van der Waals surface area contributed by atoms with E-state index in [1.165, 1.54) is 0 Å². The predicted octanol–water partition coefficient (Wildman–Crippen LogP) is 2.54. The highest BCUT2D eigenvalue weighted by Gasteiger charge is 2.39. The molecule has 108 valence electrons. The third kappa shape index (κ3) is 4.15. The molecule has 0 spiro atoms. The van der Waals surface area contributed by atoms with Gasteiger partial charge in [-0.1, -0.05) is 27.2 Å². The van der Waals surface area contributed by atoms with Crippen molar-refractivity contribution in [1.82, 2.24) is 0 Å². The summed E-state index contributed by atoms with van der Waals surface area (Å²) in [5, 5.41) is 0. The lowest BCUT2D eigenvalue weighted by Crippen LogP contribution is -2.38. The second kappa shape index (κ2) is 6.31. The average molecular weight is 268 g/mol. The van der Waals surface area contributed by atoms with Gasteiger partial charge >= 0.3 is 5.97 Å². The summed E-state index contributed by atoms with van der Waals surface area (Å²) in [6, 6.07) is 0. The largest absolute Gasteiger partial charge is 0.465 e. The zero-order valence-corrected chi connectivity index (χ0v) is 12.3. The van der Waals surface area contributed by atoms with Crippen molar-refractivity contribution in [2.45, 2.75) is 53.4 Å². The number of ketones is 2. The van der Waals surface area contributed by atoms with Crippen LogP contribution in [-0.4, -0.2) is 24.1 Å². The Morgan fingerprint density at radius 1 is 1.21 bits per heavy atom. The Balaban J connectivity index is 2.76. The molecule has 1 aliphatic rings. The van der Waals surface area contributed by atoms with Crippen molar-refractivity contribution in [1.29, 1.82) is 0 Å². The molecule has 19 heavy (non-hydrogen) atoms. The number of esters is 1. The molecule has 4 heteroatoms. The van der Waals surface area contributed by atoms with Crippen LogP contribution in [0.5, 0.6) is 0 Å². The molecule has 1 fully saturated rings. The molecule has 1 aliphatic carbocycles. The molecule has 0 heterocycles. The van der Waals surface area contributed by atoms with Crippen molar-refractivity contribution in [3.05, 3.63) is 0 Å². The van der Waals surface area contributed by atoms with Crippen molar-refractivity contribution < 1.29 is 19.1 Å². The van der Waals surface area contributed by atoms with E-state index in [1.54, 1.807) is 27.7 Å². The van der Waals surface area contributed by atoms with Crippen LogP contribution in [0.4, 0.5) is 0 Å². The molecule has 0 aromatic rings. The van der Waals surface area contributed by atoms with Crippen molar-refractivity contribution in [2.75, 3.05) is 6.61 Å². The quantitative estimate of drug-likeness (QED) is 0.548. The van der Waals surface area contributed by atoms with Crippen LogP contribution >= 0.6 is 0 Å². The van der Waals surface area contributed by atoms with Gasteiger partial charge in [-0.2, -0.15) is 0 Å². The van der Waals surface area contributed by atoms with Gasteiger partial charge < -0.3 is 4.74 Å². The van der Waals surface area contributed by atoms with Crippen LogP contribution < -0.4 is 0 Å². The smallest absolute Gasteiger partial charge is 0.316 e. The zero-order chi connectivity index (χ0) is 14.6. The van der Waals surface area contributed by atoms with Crippen LogP contribution in [-0.2, 0) is 19.1 Å². The lowest BCUT2D eigenvalue weighted by molar-refractivity contribution is -0.156. The molecule has 1 unspecified atom stereocenters. The van der Waals surface area contributed by atoms with E-state index in [4.69, 9.17) is 4.74 Å². The summed E-state index contributed by atoms with van der Waals surface area (Å²) >= 11 is 0. The Hall–Kier alpha value is -1.19. The lowest BCUT2D eigenvalue weighted by atomic mass is 9.75. The van der Waals surface area contributed by atoms with E-state index in [0.29, 0.717) is 0 Å². The molecule has 0 bridgehead atoms. The summed E-state index contributed by atoms with van der Waals surface area (Å²) in [5.41, 5.74) is -0.642. The van der Waals surface area contributed by atoms with Gasteiger partial charge in [0.1, 0.15) is 11.7 Å². The molecular weight excluding hydrogens is 244 g/mol. The molecule has 0 aromatic heterocycles. The van der Waals surface area contributed by atoms with E-state index in [0.717, 1.165) is 19.3 Å². The summed E-state index contributed by atoms with van der Waals surface area (Å²) < 4.78 is 4.94. The van der Waals surface area contributed by atoms with Crippen molar-refractivity contribution >= 4 is 17.5 Å². The number of hydrogen-bond donors (Lipinski definition) is 0. The summed E-state index contributed by atoms with van der Waals surface area (Å²) in [6.45, 7) is 7.20. The maximum atomic E-state index is 12.3. The Bertz CT molecular complexity index is 361. The van der Waals surface area contributed by atoms with Crippen LogP contribution in [0, 0.1) is 17.3 Å². The molecule has 0 amide bonds. The molecule has 1 rings (SSSR count). The molecule has 1 atom stereocenters. The first-order valence-corrected chi connectivity index (χ1v) is 7.01. The Kier molecular flexibility index (Phi) is 5.27. The van der Waals surface area contributed by atoms with E-state index in [1.807, 2.05) is 0 Å². The number of carbonyl (C=O) groups is 3. The molecule has 0 radical (unpaired) electrons. The van der Waals surface area contributed by atoms with Gasteiger partial charge in [-0.25, -0.2) is 0 Å². The van der Waals surface area contributed by atoms with Crippen molar-refractivity contribution in [3.8, 4) is 0 Å². The van der Waals surface area contributed by atoms with Gasteiger partial charge in [0.15, 0.2) is 5.78 Å². The van der Waals surface area contributed by atoms with Gasteiger partial charge in [-0.05, 0) is 19.8 Å². The first-order valence-electron chi connectivity index (χ1n) is 7.01. The summed E-state index contributed by atoms with van der Waals surface area (Å²) in [4.78, 5) is 36.2. The topological polar surface area (TPSA) is 60.4 Å². The highest BCUT2D eigenvalue weighted by molar-refractivity contribution is 6.04. The van der Waals surface area contributed by atoms with Crippen molar-refractivity contribution in [3.63, 3.8) is 0 Å². The van der Waals surface area contributed by atoms with Crippen molar-refractivity contribution in [2.24, 2.45) is 17.3 Å². The predicted molar refractivity (Wildman–Crippen MR) is 71.6 cm³/mol. The number of carbonyl (C=O) groups excluding carboxylic acids is 3. The highest BCUT2D eigenvalue weighted by Crippen LogP contribution is 2.31. The summed E-state index contributed by atoms with van der Waals surface area (Å²) in [6.07, 6.45) is 2.84. The molecule has 1 saturated carbocycles. The van der Waals surface area contributed by atoms with E-state index < -0.39 is 17.3 Å². The maximum Gasteiger partial charge on any atom is 0.316 e. The SMILES string of the molecule is CCOC(=O)C(CC(=O)C1CCC1)C(=O)C(C)(C)C. The van der Waals surface area contributed by atoms with Gasteiger partial charge in [-0.3, -0.25) is 14.4 Å². The normalized spacial score (nSPS) is 17.5. The van der Waals surface area contributed by atoms with Gasteiger partial charge in [0.05, 0.1) is 6.61 Å². The second-order valence-corrected chi connectivity index (χ2v) is 6.22. The minimum absolute atomic E-state index is 0.000394. The number of ether oxygens (including phenoxy) is 1. The van der Waals surface area contributed by atoms with Crippen LogP contribution in [0.3, 0.4) is 0 Å². The first-order chi connectivity index (χ1) is 8.77. The van der Waals surface area contributed by atoms with Crippen LogP contribution in [0.15, 0.2) is 0 Å². The number of rotatable bonds is 6. The number of hydrogen-bond acceptors (Lipinski definition) is 4. The van der Waals surface area contributed by atoms with Gasteiger partial charge in [0, 0.05) is 17.8 Å². The molecule has 0 saturated heterocycles. The lowest BCUT2D eigenvalue weighted by Gasteiger charge is -2.27. The summed E-state index contributed by atoms with van der Waals surface area (Å²) in [7, 11) is 0. The monoisotopic (exact) mass is 268 g/mol. The molecule has 0 N–H and O–H groups in total.